The molecule has 6 heteroatoms. The van der Waals surface area contributed by atoms with Crippen molar-refractivity contribution in [1.29, 1.82) is 0 Å². The first-order valence-corrected chi connectivity index (χ1v) is 10.6. The van der Waals surface area contributed by atoms with Gasteiger partial charge in [-0.15, -0.1) is 0 Å². The third-order valence-corrected chi connectivity index (χ3v) is 6.22. The van der Waals surface area contributed by atoms with Gasteiger partial charge in [-0.05, 0) is 55.7 Å². The zero-order chi connectivity index (χ0) is 20.9. The van der Waals surface area contributed by atoms with Gasteiger partial charge in [0.2, 0.25) is 0 Å². The van der Waals surface area contributed by atoms with Crippen LogP contribution >= 0.6 is 0 Å². The number of carbonyl (C=O) groups is 1. The molecule has 5 rings (SSSR count). The molecule has 1 amide bonds. The molecule has 1 spiro atoms. The summed E-state index contributed by atoms with van der Waals surface area (Å²) in [6.07, 6.45) is 4.82. The van der Waals surface area contributed by atoms with Crippen molar-refractivity contribution in [2.75, 3.05) is 24.5 Å². The normalized spacial score (nSPS) is 20.0. The Bertz CT molecular complexity index is 1100. The fourth-order valence-corrected chi connectivity index (χ4v) is 4.96. The number of fused-ring (bicyclic) bond motifs is 4. The quantitative estimate of drug-likeness (QED) is 0.670. The number of rotatable bonds is 3. The van der Waals surface area contributed by atoms with Gasteiger partial charge in [0.1, 0.15) is 11.2 Å². The third-order valence-electron chi connectivity index (χ3n) is 6.22. The summed E-state index contributed by atoms with van der Waals surface area (Å²) in [6, 6.07) is 14.1. The van der Waals surface area contributed by atoms with Crippen molar-refractivity contribution < 1.29 is 4.79 Å². The largest absolute Gasteiger partial charge is 0.355 e. The summed E-state index contributed by atoms with van der Waals surface area (Å²) in [5, 5.41) is 0. The number of hydrogen-bond donors (Lipinski definition) is 0. The van der Waals surface area contributed by atoms with Gasteiger partial charge in [-0.2, -0.15) is 0 Å². The van der Waals surface area contributed by atoms with E-state index in [1.165, 1.54) is 5.69 Å². The minimum Gasteiger partial charge on any atom is -0.355 e. The van der Waals surface area contributed by atoms with E-state index in [0.717, 1.165) is 30.2 Å². The van der Waals surface area contributed by atoms with Crippen molar-refractivity contribution >= 4 is 11.6 Å². The molecule has 5 heterocycles. The highest BCUT2D eigenvalue weighted by Crippen LogP contribution is 2.47. The van der Waals surface area contributed by atoms with Crippen LogP contribution in [-0.2, 0) is 5.54 Å². The van der Waals surface area contributed by atoms with Gasteiger partial charge in [0.05, 0.1) is 11.4 Å². The van der Waals surface area contributed by atoms with Gasteiger partial charge in [-0.3, -0.25) is 4.79 Å². The molecule has 0 aliphatic carbocycles. The lowest BCUT2D eigenvalue weighted by atomic mass is 9.88. The van der Waals surface area contributed by atoms with E-state index in [4.69, 9.17) is 0 Å². The highest BCUT2D eigenvalue weighted by molar-refractivity contribution is 5.92. The number of anilines is 1. The van der Waals surface area contributed by atoms with Crippen molar-refractivity contribution in [3.05, 3.63) is 71.9 Å². The first-order chi connectivity index (χ1) is 14.5. The Hall–Kier alpha value is -3.15. The second kappa shape index (κ2) is 6.97. The number of nitrogens with zero attached hydrogens (tertiary/aromatic N) is 5. The Morgan fingerprint density at radius 2 is 2.03 bits per heavy atom. The molecule has 3 aromatic heterocycles. The van der Waals surface area contributed by atoms with E-state index >= 15 is 0 Å². The fourth-order valence-electron chi connectivity index (χ4n) is 4.96. The van der Waals surface area contributed by atoms with Gasteiger partial charge >= 0.3 is 0 Å². The van der Waals surface area contributed by atoms with Crippen LogP contribution in [0.5, 0.6) is 0 Å². The standard InChI is InChI=1S/C24H27N5O/c1-17(2)15-29-20-9-5-12-25-22(20)28-13-6-10-21(28)24(29)11-14-27(16-24)23(30)19-8-4-7-18(3)26-19/h4-10,12-13,17H,11,14-16H2,1-3H3. The van der Waals surface area contributed by atoms with E-state index in [0.29, 0.717) is 24.7 Å². The number of aryl methyl sites for hydroxylation is 1. The SMILES string of the molecule is Cc1cccc(C(=O)N2CCC3(C2)c2cccn2-c2ncccc2N3CC(C)C)n1. The highest BCUT2D eigenvalue weighted by atomic mass is 16.2. The number of likely N-dealkylation sites (tertiary alicyclic amines) is 1. The minimum absolute atomic E-state index is 0.00941. The summed E-state index contributed by atoms with van der Waals surface area (Å²) in [4.78, 5) is 26.9. The zero-order valence-corrected chi connectivity index (χ0v) is 17.7. The molecule has 1 unspecified atom stereocenters. The van der Waals surface area contributed by atoms with Crippen molar-refractivity contribution in [2.45, 2.75) is 32.7 Å². The first kappa shape index (κ1) is 18.9. The van der Waals surface area contributed by atoms with Gasteiger partial charge in [0, 0.05) is 37.7 Å². The van der Waals surface area contributed by atoms with Crippen molar-refractivity contribution in [1.82, 2.24) is 19.4 Å². The van der Waals surface area contributed by atoms with Crippen molar-refractivity contribution in [3.8, 4) is 5.82 Å². The Balaban J connectivity index is 1.58. The van der Waals surface area contributed by atoms with Crippen LogP contribution in [0, 0.1) is 12.8 Å². The molecule has 0 N–H and O–H groups in total. The predicted molar refractivity (Wildman–Crippen MR) is 117 cm³/mol. The number of hydrogen-bond acceptors (Lipinski definition) is 4. The smallest absolute Gasteiger partial charge is 0.272 e. The van der Waals surface area contributed by atoms with Crippen molar-refractivity contribution in [3.63, 3.8) is 0 Å². The maximum atomic E-state index is 13.3. The Morgan fingerprint density at radius 1 is 1.17 bits per heavy atom. The third kappa shape index (κ3) is 2.82. The van der Waals surface area contributed by atoms with Crippen LogP contribution in [0.2, 0.25) is 0 Å². The van der Waals surface area contributed by atoms with Gasteiger partial charge < -0.3 is 14.4 Å². The summed E-state index contributed by atoms with van der Waals surface area (Å²) >= 11 is 0. The topological polar surface area (TPSA) is 54.3 Å². The Morgan fingerprint density at radius 3 is 2.83 bits per heavy atom. The molecule has 6 nitrogen and oxygen atoms in total. The van der Waals surface area contributed by atoms with Crippen LogP contribution in [0.25, 0.3) is 5.82 Å². The zero-order valence-electron chi connectivity index (χ0n) is 17.7. The number of amides is 1. The second-order valence-electron chi connectivity index (χ2n) is 8.79. The lowest BCUT2D eigenvalue weighted by molar-refractivity contribution is 0.0775. The minimum atomic E-state index is -0.261. The molecule has 1 atom stereocenters. The van der Waals surface area contributed by atoms with E-state index in [-0.39, 0.29) is 11.4 Å². The fraction of sp³-hybridized carbons (Fsp3) is 0.375. The molecular formula is C24H27N5O. The summed E-state index contributed by atoms with van der Waals surface area (Å²) < 4.78 is 2.20. The Kier molecular flexibility index (Phi) is 4.38. The van der Waals surface area contributed by atoms with E-state index < -0.39 is 0 Å². The second-order valence-corrected chi connectivity index (χ2v) is 8.79. The lowest BCUT2D eigenvalue weighted by Crippen LogP contribution is -2.54. The Labute approximate surface area is 177 Å². The van der Waals surface area contributed by atoms with Crippen molar-refractivity contribution in [2.24, 2.45) is 5.92 Å². The molecule has 2 aliphatic heterocycles. The lowest BCUT2D eigenvalue weighted by Gasteiger charge is -2.47. The van der Waals surface area contributed by atoms with Gasteiger partial charge in [0.25, 0.3) is 5.91 Å². The molecule has 1 fully saturated rings. The van der Waals surface area contributed by atoms with Crippen LogP contribution in [0.1, 0.15) is 42.1 Å². The van der Waals surface area contributed by atoms with Crippen LogP contribution in [0.4, 0.5) is 5.69 Å². The summed E-state index contributed by atoms with van der Waals surface area (Å²) in [7, 11) is 0. The molecule has 0 radical (unpaired) electrons. The van der Waals surface area contributed by atoms with Crippen LogP contribution < -0.4 is 4.90 Å². The van der Waals surface area contributed by atoms with Crippen LogP contribution in [0.3, 0.4) is 0 Å². The van der Waals surface area contributed by atoms with Gasteiger partial charge in [-0.25, -0.2) is 9.97 Å². The molecule has 3 aromatic rings. The number of carbonyl (C=O) groups excluding carboxylic acids is 1. The van der Waals surface area contributed by atoms with E-state index in [1.54, 1.807) is 0 Å². The molecule has 0 bridgehead atoms. The van der Waals surface area contributed by atoms with E-state index in [1.807, 2.05) is 42.3 Å². The van der Waals surface area contributed by atoms with Crippen LogP contribution in [0.15, 0.2) is 54.9 Å². The molecular weight excluding hydrogens is 374 g/mol. The predicted octanol–water partition coefficient (Wildman–Crippen LogP) is 3.79. The molecule has 0 saturated carbocycles. The highest BCUT2D eigenvalue weighted by Gasteiger charge is 2.51. The molecule has 154 valence electrons. The van der Waals surface area contributed by atoms with Gasteiger partial charge in [0.15, 0.2) is 5.82 Å². The molecule has 1 saturated heterocycles. The number of aromatic nitrogens is 3. The molecule has 2 aliphatic rings. The monoisotopic (exact) mass is 401 g/mol. The van der Waals surface area contributed by atoms with Gasteiger partial charge in [-0.1, -0.05) is 19.9 Å². The summed E-state index contributed by atoms with van der Waals surface area (Å²) in [6.45, 7) is 8.67. The average molecular weight is 402 g/mol. The molecule has 0 aromatic carbocycles. The molecule has 30 heavy (non-hydrogen) atoms. The first-order valence-electron chi connectivity index (χ1n) is 10.6. The average Bonchev–Trinajstić information content (AvgIpc) is 3.39. The van der Waals surface area contributed by atoms with E-state index in [2.05, 4.69) is 57.7 Å². The number of pyridine rings is 2. The maximum absolute atomic E-state index is 13.3. The maximum Gasteiger partial charge on any atom is 0.272 e. The summed E-state index contributed by atoms with van der Waals surface area (Å²) in [5.41, 5.74) is 3.47. The van der Waals surface area contributed by atoms with Crippen LogP contribution in [-0.4, -0.2) is 45.0 Å². The van der Waals surface area contributed by atoms with E-state index in [9.17, 15) is 4.79 Å². The summed E-state index contributed by atoms with van der Waals surface area (Å²) in [5.74, 6) is 1.46.